The van der Waals surface area contributed by atoms with Crippen molar-refractivity contribution >= 4 is 31.6 Å². The Morgan fingerprint density at radius 3 is 2.75 bits per heavy atom. The summed E-state index contributed by atoms with van der Waals surface area (Å²) in [6, 6.07) is 14.1. The number of hydrogen-bond donors (Lipinski definition) is 1. The average Bonchev–Trinajstić information content (AvgIpc) is 3.21. The predicted molar refractivity (Wildman–Crippen MR) is 108 cm³/mol. The number of thiazole rings is 1. The molecule has 3 heterocycles. The van der Waals surface area contributed by atoms with Crippen molar-refractivity contribution in [3.05, 3.63) is 65.9 Å². The molecule has 9 heteroatoms. The Labute approximate surface area is 166 Å². The molecule has 0 fully saturated rings. The Bertz CT molecular complexity index is 1220. The van der Waals surface area contributed by atoms with Gasteiger partial charge in [0.25, 0.3) is 0 Å². The van der Waals surface area contributed by atoms with Crippen molar-refractivity contribution in [3.8, 4) is 17.1 Å². The van der Waals surface area contributed by atoms with Gasteiger partial charge in [-0.05, 0) is 24.3 Å². The first-order chi connectivity index (χ1) is 13.6. The van der Waals surface area contributed by atoms with Gasteiger partial charge in [-0.25, -0.2) is 23.1 Å². The lowest BCUT2D eigenvalue weighted by molar-refractivity contribution is 0.413. The number of nitrogens with zero attached hydrogens (tertiary/aromatic N) is 3. The maximum absolute atomic E-state index is 12.8. The minimum atomic E-state index is -3.75. The van der Waals surface area contributed by atoms with Gasteiger partial charge in [-0.15, -0.1) is 11.3 Å². The molecule has 0 saturated heterocycles. The molecule has 0 amide bonds. The van der Waals surface area contributed by atoms with E-state index in [9.17, 15) is 8.42 Å². The van der Waals surface area contributed by atoms with Crippen LogP contribution in [0.3, 0.4) is 0 Å². The Hall–Kier alpha value is -2.88. The van der Waals surface area contributed by atoms with Crippen molar-refractivity contribution in [2.75, 3.05) is 7.11 Å². The largest absolute Gasteiger partial charge is 0.497 e. The number of sulfonamides is 1. The maximum Gasteiger partial charge on any atom is 0.243 e. The molecule has 3 aromatic heterocycles. The summed E-state index contributed by atoms with van der Waals surface area (Å²) in [4.78, 5) is 13.1. The van der Waals surface area contributed by atoms with Gasteiger partial charge in [-0.2, -0.15) is 0 Å². The second-order valence-corrected chi connectivity index (χ2v) is 8.50. The summed E-state index contributed by atoms with van der Waals surface area (Å²) >= 11 is 1.40. The monoisotopic (exact) mass is 412 g/mol. The number of fused-ring (bicyclic) bond motifs is 1. The van der Waals surface area contributed by atoms with Crippen LogP contribution in [0, 0.1) is 0 Å². The van der Waals surface area contributed by atoms with Gasteiger partial charge in [-0.1, -0.05) is 12.1 Å². The van der Waals surface area contributed by atoms with E-state index in [1.807, 2.05) is 24.3 Å². The van der Waals surface area contributed by atoms with Crippen LogP contribution >= 0.6 is 11.3 Å². The van der Waals surface area contributed by atoms with Crippen LogP contribution in [0.5, 0.6) is 5.75 Å². The number of pyridine rings is 2. The lowest BCUT2D eigenvalue weighted by Gasteiger charge is -2.10. The number of nitrogens with one attached hydrogen (secondary N) is 1. The van der Waals surface area contributed by atoms with E-state index < -0.39 is 10.0 Å². The molecular weight excluding hydrogens is 396 g/mol. The van der Waals surface area contributed by atoms with E-state index in [0.717, 1.165) is 4.70 Å². The number of hydrogen-bond acceptors (Lipinski definition) is 7. The van der Waals surface area contributed by atoms with Crippen LogP contribution in [-0.4, -0.2) is 30.5 Å². The highest BCUT2D eigenvalue weighted by Crippen LogP contribution is 2.25. The number of aromatic nitrogens is 3. The van der Waals surface area contributed by atoms with Crippen LogP contribution in [0.1, 0.15) is 5.69 Å². The molecule has 0 aliphatic rings. The Morgan fingerprint density at radius 1 is 1.07 bits per heavy atom. The van der Waals surface area contributed by atoms with E-state index in [4.69, 9.17) is 4.74 Å². The van der Waals surface area contributed by atoms with E-state index in [2.05, 4.69) is 19.7 Å². The number of rotatable bonds is 6. The van der Waals surface area contributed by atoms with Crippen molar-refractivity contribution in [2.24, 2.45) is 0 Å². The van der Waals surface area contributed by atoms with Crippen LogP contribution < -0.4 is 9.46 Å². The van der Waals surface area contributed by atoms with Crippen molar-refractivity contribution in [2.45, 2.75) is 11.4 Å². The predicted octanol–water partition coefficient (Wildman–Crippen LogP) is 3.24. The van der Waals surface area contributed by atoms with E-state index in [-0.39, 0.29) is 11.4 Å². The fourth-order valence-electron chi connectivity index (χ4n) is 2.74. The third-order valence-electron chi connectivity index (χ3n) is 4.07. The van der Waals surface area contributed by atoms with Gasteiger partial charge < -0.3 is 4.74 Å². The van der Waals surface area contributed by atoms with Crippen molar-refractivity contribution in [3.63, 3.8) is 0 Å². The second-order valence-electron chi connectivity index (χ2n) is 5.88. The highest BCUT2D eigenvalue weighted by molar-refractivity contribution is 7.89. The molecule has 1 N–H and O–H groups in total. The van der Waals surface area contributed by atoms with Crippen molar-refractivity contribution in [1.29, 1.82) is 0 Å². The molecule has 0 unspecified atom stereocenters. The summed E-state index contributed by atoms with van der Waals surface area (Å²) in [7, 11) is -2.20. The van der Waals surface area contributed by atoms with Gasteiger partial charge in [0, 0.05) is 18.3 Å². The topological polar surface area (TPSA) is 94.1 Å². The fraction of sp³-hybridized carbons (Fsp3) is 0.105. The Morgan fingerprint density at radius 2 is 1.96 bits per heavy atom. The van der Waals surface area contributed by atoms with Gasteiger partial charge in [0.05, 0.1) is 40.9 Å². The zero-order valence-corrected chi connectivity index (χ0v) is 16.5. The molecule has 4 aromatic rings. The van der Waals surface area contributed by atoms with Gasteiger partial charge >= 0.3 is 0 Å². The molecule has 0 bridgehead atoms. The minimum Gasteiger partial charge on any atom is -0.497 e. The van der Waals surface area contributed by atoms with Crippen molar-refractivity contribution < 1.29 is 13.2 Å². The third kappa shape index (κ3) is 3.72. The quantitative estimate of drug-likeness (QED) is 0.522. The number of benzene rings is 1. The molecule has 7 nitrogen and oxygen atoms in total. The zero-order chi connectivity index (χ0) is 19.6. The summed E-state index contributed by atoms with van der Waals surface area (Å²) in [6.07, 6.45) is 1.67. The van der Waals surface area contributed by atoms with Gasteiger partial charge in [0.2, 0.25) is 10.0 Å². The lowest BCUT2D eigenvalue weighted by atomic mass is 10.2. The molecule has 0 radical (unpaired) electrons. The Kier molecular flexibility index (Phi) is 5.03. The summed E-state index contributed by atoms with van der Waals surface area (Å²) in [5.74, 6) is 0.575. The molecule has 1 aromatic carbocycles. The second kappa shape index (κ2) is 7.63. The molecule has 0 saturated carbocycles. The summed E-state index contributed by atoms with van der Waals surface area (Å²) in [6.45, 7) is 0.0138. The summed E-state index contributed by atoms with van der Waals surface area (Å²) in [5, 5.41) is 0. The standard InChI is InChI=1S/C19H16N4O3S2/c1-26-14-9-13(23-16(10-14)15-5-2-3-8-20-15)11-22-28(24,25)18-7-4-6-17-19(18)21-12-27-17/h2-10,12,22H,11H2,1H3. The van der Waals surface area contributed by atoms with E-state index >= 15 is 0 Å². The van der Waals surface area contributed by atoms with E-state index in [1.165, 1.54) is 11.3 Å². The molecule has 0 aliphatic carbocycles. The molecule has 0 atom stereocenters. The first-order valence-electron chi connectivity index (χ1n) is 8.35. The normalized spacial score (nSPS) is 11.6. The molecule has 0 spiro atoms. The molecule has 28 heavy (non-hydrogen) atoms. The smallest absolute Gasteiger partial charge is 0.243 e. The fourth-order valence-corrected chi connectivity index (χ4v) is 4.67. The van der Waals surface area contributed by atoms with Crippen LogP contribution in [0.4, 0.5) is 0 Å². The van der Waals surface area contributed by atoms with Crippen LogP contribution in [0.2, 0.25) is 0 Å². The van der Waals surface area contributed by atoms with E-state index in [1.54, 1.807) is 43.1 Å². The number of ether oxygens (including phenoxy) is 1. The number of para-hydroxylation sites is 1. The molecule has 142 valence electrons. The van der Waals surface area contributed by atoms with E-state index in [0.29, 0.717) is 28.3 Å². The average molecular weight is 412 g/mol. The first-order valence-corrected chi connectivity index (χ1v) is 10.7. The number of methoxy groups -OCH3 is 1. The maximum atomic E-state index is 12.8. The molecular formula is C19H16N4O3S2. The third-order valence-corrected chi connectivity index (χ3v) is 6.30. The highest BCUT2D eigenvalue weighted by atomic mass is 32.2. The van der Waals surface area contributed by atoms with Gasteiger partial charge in [0.1, 0.15) is 16.2 Å². The van der Waals surface area contributed by atoms with Gasteiger partial charge in [0.15, 0.2) is 0 Å². The van der Waals surface area contributed by atoms with Crippen LogP contribution in [0.15, 0.2) is 65.1 Å². The Balaban J connectivity index is 1.63. The minimum absolute atomic E-state index is 0.0138. The lowest BCUT2D eigenvalue weighted by Crippen LogP contribution is -2.24. The molecule has 4 rings (SSSR count). The SMILES string of the molecule is COc1cc(CNS(=O)(=O)c2cccc3scnc23)nc(-c2ccccn2)c1. The van der Waals surface area contributed by atoms with Crippen LogP contribution in [-0.2, 0) is 16.6 Å². The first kappa shape index (κ1) is 18.5. The summed E-state index contributed by atoms with van der Waals surface area (Å²) < 4.78 is 34.4. The highest BCUT2D eigenvalue weighted by Gasteiger charge is 2.19. The summed E-state index contributed by atoms with van der Waals surface area (Å²) in [5.41, 5.74) is 3.90. The van der Waals surface area contributed by atoms with Crippen molar-refractivity contribution in [1.82, 2.24) is 19.7 Å². The molecule has 0 aliphatic heterocycles. The van der Waals surface area contributed by atoms with Crippen LogP contribution in [0.25, 0.3) is 21.6 Å². The zero-order valence-electron chi connectivity index (χ0n) is 14.9. The van der Waals surface area contributed by atoms with Gasteiger partial charge in [-0.3, -0.25) is 4.98 Å².